The second-order valence-electron chi connectivity index (χ2n) is 4.11. The molecule has 0 amide bonds. The van der Waals surface area contributed by atoms with Gasteiger partial charge in [-0.25, -0.2) is 0 Å². The fourth-order valence-electron chi connectivity index (χ4n) is 1.72. The molecule has 2 aromatic rings. The largest absolute Gasteiger partial charge is 0.324 e. The second-order valence-corrected chi connectivity index (χ2v) is 4.11. The molecule has 2 rings (SSSR count). The zero-order valence-electron chi connectivity index (χ0n) is 9.67. The van der Waals surface area contributed by atoms with Gasteiger partial charge in [-0.05, 0) is 18.4 Å². The zero-order valence-corrected chi connectivity index (χ0v) is 9.67. The molecule has 0 radical (unpaired) electrons. The van der Waals surface area contributed by atoms with E-state index in [2.05, 4.69) is 10.2 Å². The van der Waals surface area contributed by atoms with E-state index in [1.165, 1.54) is 5.56 Å². The first kappa shape index (κ1) is 10.9. The van der Waals surface area contributed by atoms with Crippen molar-refractivity contribution < 1.29 is 0 Å². The van der Waals surface area contributed by atoms with E-state index in [1.54, 1.807) is 4.68 Å². The van der Waals surface area contributed by atoms with E-state index in [0.29, 0.717) is 0 Å². The van der Waals surface area contributed by atoms with Crippen LogP contribution >= 0.6 is 0 Å². The summed E-state index contributed by atoms with van der Waals surface area (Å²) in [6, 6.07) is 0.0499. The molecule has 0 fully saturated rings. The molecule has 5 nitrogen and oxygen atoms in total. The molecular weight excluding hydrogens is 202 g/mol. The Kier molecular flexibility index (Phi) is 3.05. The summed E-state index contributed by atoms with van der Waals surface area (Å²) >= 11 is 0. The van der Waals surface area contributed by atoms with Crippen LogP contribution in [0, 0.1) is 0 Å². The summed E-state index contributed by atoms with van der Waals surface area (Å²) in [5.74, 6) is 0. The lowest BCUT2D eigenvalue weighted by Crippen LogP contribution is -2.10. The van der Waals surface area contributed by atoms with Gasteiger partial charge in [0.25, 0.3) is 0 Å². The maximum absolute atomic E-state index is 6.08. The van der Waals surface area contributed by atoms with Gasteiger partial charge in [-0.1, -0.05) is 0 Å². The van der Waals surface area contributed by atoms with Crippen molar-refractivity contribution in [2.45, 2.75) is 18.9 Å². The third-order valence-electron chi connectivity index (χ3n) is 2.66. The molecule has 86 valence electrons. The predicted octanol–water partition coefficient (Wildman–Crippen LogP) is 0.786. The first-order valence-corrected chi connectivity index (χ1v) is 5.37. The highest BCUT2D eigenvalue weighted by molar-refractivity contribution is 5.11. The van der Waals surface area contributed by atoms with Crippen molar-refractivity contribution in [3.63, 3.8) is 0 Å². The summed E-state index contributed by atoms with van der Waals surface area (Å²) in [7, 11) is 3.82. The van der Waals surface area contributed by atoms with Crippen molar-refractivity contribution >= 4 is 0 Å². The fraction of sp³-hybridized carbons (Fsp3) is 0.455. The summed E-state index contributed by atoms with van der Waals surface area (Å²) < 4.78 is 3.59. The third kappa shape index (κ3) is 2.49. The van der Waals surface area contributed by atoms with E-state index in [0.717, 1.165) is 18.4 Å². The van der Waals surface area contributed by atoms with Crippen LogP contribution in [0.25, 0.3) is 0 Å². The molecule has 16 heavy (non-hydrogen) atoms. The summed E-state index contributed by atoms with van der Waals surface area (Å²) in [6.45, 7) is 0. The topological polar surface area (TPSA) is 61.7 Å². The Balaban J connectivity index is 1.91. The molecule has 0 aromatic carbocycles. The van der Waals surface area contributed by atoms with Gasteiger partial charge in [0.15, 0.2) is 0 Å². The average Bonchev–Trinajstić information content (AvgIpc) is 2.84. The van der Waals surface area contributed by atoms with Gasteiger partial charge in [0.2, 0.25) is 0 Å². The standard InChI is InChI=1S/C11H17N5/c1-15-7-9(5-13-15)3-4-11(12)10-6-14-16(2)8-10/h5-8,11H,3-4,12H2,1-2H3. The highest BCUT2D eigenvalue weighted by atomic mass is 15.2. The number of hydrogen-bond donors (Lipinski definition) is 1. The van der Waals surface area contributed by atoms with Crippen molar-refractivity contribution in [3.8, 4) is 0 Å². The van der Waals surface area contributed by atoms with Crippen molar-refractivity contribution in [1.82, 2.24) is 19.6 Å². The van der Waals surface area contributed by atoms with E-state index in [9.17, 15) is 0 Å². The van der Waals surface area contributed by atoms with Crippen LogP contribution in [0.3, 0.4) is 0 Å². The number of aryl methyl sites for hydroxylation is 3. The molecule has 1 atom stereocenters. The van der Waals surface area contributed by atoms with Crippen LogP contribution in [0.1, 0.15) is 23.6 Å². The zero-order chi connectivity index (χ0) is 11.5. The molecule has 1 unspecified atom stereocenters. The molecule has 0 aliphatic carbocycles. The highest BCUT2D eigenvalue weighted by Crippen LogP contribution is 2.15. The van der Waals surface area contributed by atoms with Crippen LogP contribution in [-0.4, -0.2) is 19.6 Å². The van der Waals surface area contributed by atoms with Gasteiger partial charge >= 0.3 is 0 Å². The smallest absolute Gasteiger partial charge is 0.0537 e. The third-order valence-corrected chi connectivity index (χ3v) is 2.66. The number of nitrogens with zero attached hydrogens (tertiary/aromatic N) is 4. The van der Waals surface area contributed by atoms with Crippen LogP contribution < -0.4 is 5.73 Å². The fourth-order valence-corrected chi connectivity index (χ4v) is 1.72. The van der Waals surface area contributed by atoms with Gasteiger partial charge in [-0.3, -0.25) is 9.36 Å². The second kappa shape index (κ2) is 4.49. The number of aromatic nitrogens is 4. The molecule has 0 spiro atoms. The molecule has 0 bridgehead atoms. The van der Waals surface area contributed by atoms with Gasteiger partial charge in [-0.15, -0.1) is 0 Å². The van der Waals surface area contributed by atoms with Gasteiger partial charge in [0, 0.05) is 38.1 Å². The minimum Gasteiger partial charge on any atom is -0.324 e. The van der Waals surface area contributed by atoms with E-state index in [1.807, 2.05) is 43.6 Å². The minimum atomic E-state index is 0.0499. The number of hydrogen-bond acceptors (Lipinski definition) is 3. The summed E-state index contributed by atoms with van der Waals surface area (Å²) in [6.07, 6.45) is 9.56. The first-order valence-electron chi connectivity index (χ1n) is 5.37. The monoisotopic (exact) mass is 219 g/mol. The molecular formula is C11H17N5. The number of rotatable bonds is 4. The lowest BCUT2D eigenvalue weighted by atomic mass is 10.0. The van der Waals surface area contributed by atoms with Crippen molar-refractivity contribution in [2.24, 2.45) is 19.8 Å². The van der Waals surface area contributed by atoms with E-state index >= 15 is 0 Å². The van der Waals surface area contributed by atoms with Crippen LogP contribution in [0.5, 0.6) is 0 Å². The molecule has 2 heterocycles. The highest BCUT2D eigenvalue weighted by Gasteiger charge is 2.08. The quantitative estimate of drug-likeness (QED) is 0.826. The maximum Gasteiger partial charge on any atom is 0.0537 e. The van der Waals surface area contributed by atoms with Crippen LogP contribution in [0.2, 0.25) is 0 Å². The van der Waals surface area contributed by atoms with Crippen LogP contribution in [0.15, 0.2) is 24.8 Å². The van der Waals surface area contributed by atoms with E-state index in [-0.39, 0.29) is 6.04 Å². The van der Waals surface area contributed by atoms with Crippen molar-refractivity contribution in [1.29, 1.82) is 0 Å². The van der Waals surface area contributed by atoms with Gasteiger partial charge in [0.05, 0.1) is 12.4 Å². The first-order chi connectivity index (χ1) is 7.65. The van der Waals surface area contributed by atoms with Gasteiger partial charge in [-0.2, -0.15) is 10.2 Å². The Morgan fingerprint density at radius 1 is 1.19 bits per heavy atom. The van der Waals surface area contributed by atoms with Crippen LogP contribution in [0.4, 0.5) is 0 Å². The molecule has 0 aliphatic heterocycles. The minimum absolute atomic E-state index is 0.0499. The Morgan fingerprint density at radius 2 is 1.88 bits per heavy atom. The average molecular weight is 219 g/mol. The Labute approximate surface area is 94.9 Å². The lowest BCUT2D eigenvalue weighted by molar-refractivity contribution is 0.649. The van der Waals surface area contributed by atoms with Crippen molar-refractivity contribution in [3.05, 3.63) is 35.9 Å². The molecule has 0 aliphatic rings. The van der Waals surface area contributed by atoms with Gasteiger partial charge in [0.1, 0.15) is 0 Å². The number of nitrogens with two attached hydrogens (primary N) is 1. The lowest BCUT2D eigenvalue weighted by Gasteiger charge is -2.07. The Hall–Kier alpha value is -1.62. The Morgan fingerprint density at radius 3 is 2.44 bits per heavy atom. The summed E-state index contributed by atoms with van der Waals surface area (Å²) in [4.78, 5) is 0. The summed E-state index contributed by atoms with van der Waals surface area (Å²) in [5, 5.41) is 8.25. The summed E-state index contributed by atoms with van der Waals surface area (Å²) in [5.41, 5.74) is 8.40. The molecule has 5 heteroatoms. The molecule has 0 saturated carbocycles. The van der Waals surface area contributed by atoms with Crippen molar-refractivity contribution in [2.75, 3.05) is 0 Å². The van der Waals surface area contributed by atoms with E-state index in [4.69, 9.17) is 5.73 Å². The van der Waals surface area contributed by atoms with E-state index < -0.39 is 0 Å². The SMILES string of the molecule is Cn1cc(CCC(N)c2cnn(C)c2)cn1. The maximum atomic E-state index is 6.08. The molecule has 2 N–H and O–H groups in total. The van der Waals surface area contributed by atoms with Crippen LogP contribution in [-0.2, 0) is 20.5 Å². The molecule has 2 aromatic heterocycles. The van der Waals surface area contributed by atoms with Gasteiger partial charge < -0.3 is 5.73 Å². The predicted molar refractivity (Wildman–Crippen MR) is 61.7 cm³/mol. The normalized spacial score (nSPS) is 12.9. The Bertz CT molecular complexity index is 456. The molecule has 0 saturated heterocycles.